The van der Waals surface area contributed by atoms with Crippen LogP contribution < -0.4 is 5.32 Å². The molecule has 6 heteroatoms. The number of hydrogen-bond acceptors (Lipinski definition) is 5. The van der Waals surface area contributed by atoms with Crippen LogP contribution in [0.2, 0.25) is 0 Å². The summed E-state index contributed by atoms with van der Waals surface area (Å²) in [4.78, 5) is 25.0. The van der Waals surface area contributed by atoms with Crippen molar-refractivity contribution < 1.29 is 4.79 Å². The predicted octanol–water partition coefficient (Wildman–Crippen LogP) is 4.04. The first-order valence-electron chi connectivity index (χ1n) is 8.38. The lowest BCUT2D eigenvalue weighted by molar-refractivity contribution is 0.102. The first-order chi connectivity index (χ1) is 12.2. The van der Waals surface area contributed by atoms with E-state index in [9.17, 15) is 4.79 Å². The van der Waals surface area contributed by atoms with Gasteiger partial charge < -0.3 is 0 Å². The first-order valence-corrected chi connectivity index (χ1v) is 9.26. The maximum Gasteiger partial charge on any atom is 0.276 e. The lowest BCUT2D eigenvalue weighted by Crippen LogP contribution is -2.14. The van der Waals surface area contributed by atoms with Crippen molar-refractivity contribution in [2.45, 2.75) is 32.6 Å². The van der Waals surface area contributed by atoms with Crippen LogP contribution in [0.1, 0.15) is 40.3 Å². The predicted molar refractivity (Wildman–Crippen MR) is 98.9 cm³/mol. The Bertz CT molecular complexity index is 935. The third-order valence-corrected chi connectivity index (χ3v) is 5.14. The maximum absolute atomic E-state index is 12.3. The number of carbonyl (C=O) groups is 1. The number of nitrogens with zero attached hydrogens (tertiary/aromatic N) is 3. The molecule has 0 saturated carbocycles. The molecule has 1 aliphatic rings. The Hall–Kier alpha value is -2.60. The van der Waals surface area contributed by atoms with Crippen LogP contribution in [0.4, 0.5) is 5.13 Å². The number of rotatable bonds is 3. The normalized spacial score (nSPS) is 13.3. The Morgan fingerprint density at radius 3 is 2.80 bits per heavy atom. The molecule has 2 heterocycles. The smallest absolute Gasteiger partial charge is 0.276 e. The fourth-order valence-electron chi connectivity index (χ4n) is 3.10. The van der Waals surface area contributed by atoms with Crippen LogP contribution in [0.3, 0.4) is 0 Å². The van der Waals surface area contributed by atoms with E-state index in [2.05, 4.69) is 38.5 Å². The Morgan fingerprint density at radius 1 is 1.12 bits per heavy atom. The zero-order chi connectivity index (χ0) is 17.2. The quantitative estimate of drug-likeness (QED) is 0.774. The van der Waals surface area contributed by atoms with E-state index in [-0.39, 0.29) is 5.91 Å². The van der Waals surface area contributed by atoms with Gasteiger partial charge in [-0.3, -0.25) is 10.1 Å². The molecule has 3 aromatic rings. The number of nitrogens with one attached hydrogen (secondary N) is 1. The van der Waals surface area contributed by atoms with Gasteiger partial charge in [-0.05, 0) is 55.9 Å². The number of aromatic nitrogens is 3. The highest BCUT2D eigenvalue weighted by molar-refractivity contribution is 7.14. The van der Waals surface area contributed by atoms with Gasteiger partial charge in [0.2, 0.25) is 0 Å². The maximum atomic E-state index is 12.3. The molecule has 1 N–H and O–H groups in total. The van der Waals surface area contributed by atoms with Crippen LogP contribution >= 0.6 is 11.3 Å². The third-order valence-electron chi connectivity index (χ3n) is 4.38. The number of aryl methyl sites for hydroxylation is 3. The summed E-state index contributed by atoms with van der Waals surface area (Å²) < 4.78 is 0. The van der Waals surface area contributed by atoms with Gasteiger partial charge in [0.1, 0.15) is 11.5 Å². The molecule has 5 nitrogen and oxygen atoms in total. The molecule has 0 fully saturated rings. The molecule has 126 valence electrons. The lowest BCUT2D eigenvalue weighted by atomic mass is 9.90. The Labute approximate surface area is 150 Å². The molecule has 25 heavy (non-hydrogen) atoms. The number of amides is 1. The van der Waals surface area contributed by atoms with E-state index in [1.165, 1.54) is 41.7 Å². The number of benzene rings is 1. The highest BCUT2D eigenvalue weighted by atomic mass is 32.1. The highest BCUT2D eigenvalue weighted by Gasteiger charge is 2.14. The Balaban J connectivity index is 1.53. The second kappa shape index (κ2) is 6.72. The van der Waals surface area contributed by atoms with Crippen molar-refractivity contribution in [1.29, 1.82) is 0 Å². The fourth-order valence-corrected chi connectivity index (χ4v) is 3.82. The monoisotopic (exact) mass is 350 g/mol. The highest BCUT2D eigenvalue weighted by Crippen LogP contribution is 2.29. The summed E-state index contributed by atoms with van der Waals surface area (Å²) in [5.74, 6) is 0.304. The van der Waals surface area contributed by atoms with E-state index in [1.807, 2.05) is 5.38 Å². The summed E-state index contributed by atoms with van der Waals surface area (Å²) in [5, 5.41) is 5.37. The summed E-state index contributed by atoms with van der Waals surface area (Å²) in [5.41, 5.74) is 5.23. The minimum atomic E-state index is -0.267. The molecule has 0 unspecified atom stereocenters. The van der Waals surface area contributed by atoms with E-state index in [0.717, 1.165) is 17.7 Å². The van der Waals surface area contributed by atoms with Gasteiger partial charge in [-0.15, -0.1) is 11.3 Å². The van der Waals surface area contributed by atoms with Crippen molar-refractivity contribution in [2.24, 2.45) is 0 Å². The SMILES string of the molecule is Cc1nccc(C(=O)Nc2nc(-c3ccc4c(c3)CCCC4)cs2)n1. The molecule has 1 aliphatic carbocycles. The van der Waals surface area contributed by atoms with Crippen molar-refractivity contribution >= 4 is 22.4 Å². The van der Waals surface area contributed by atoms with E-state index in [0.29, 0.717) is 16.6 Å². The minimum absolute atomic E-state index is 0.267. The lowest BCUT2D eigenvalue weighted by Gasteiger charge is -2.16. The third kappa shape index (κ3) is 3.44. The van der Waals surface area contributed by atoms with Gasteiger partial charge in [0, 0.05) is 17.1 Å². The number of thiazole rings is 1. The molecule has 0 spiro atoms. The van der Waals surface area contributed by atoms with Gasteiger partial charge >= 0.3 is 0 Å². The molecule has 0 atom stereocenters. The van der Waals surface area contributed by atoms with Crippen molar-refractivity contribution in [1.82, 2.24) is 15.0 Å². The number of carbonyl (C=O) groups excluding carboxylic acids is 1. The van der Waals surface area contributed by atoms with Crippen molar-refractivity contribution in [3.05, 3.63) is 58.5 Å². The average molecular weight is 350 g/mol. The van der Waals surface area contributed by atoms with Gasteiger partial charge in [0.05, 0.1) is 5.69 Å². The van der Waals surface area contributed by atoms with Crippen LogP contribution in [-0.4, -0.2) is 20.9 Å². The second-order valence-electron chi connectivity index (χ2n) is 6.17. The van der Waals surface area contributed by atoms with Gasteiger partial charge in [0.15, 0.2) is 5.13 Å². The second-order valence-corrected chi connectivity index (χ2v) is 7.03. The fraction of sp³-hybridized carbons (Fsp3) is 0.263. The minimum Gasteiger partial charge on any atom is -0.296 e. The van der Waals surface area contributed by atoms with Gasteiger partial charge in [-0.1, -0.05) is 12.1 Å². The molecule has 0 saturated heterocycles. The van der Waals surface area contributed by atoms with Crippen LogP contribution in [0.5, 0.6) is 0 Å². The number of anilines is 1. The van der Waals surface area contributed by atoms with Gasteiger partial charge in [0.25, 0.3) is 5.91 Å². The van der Waals surface area contributed by atoms with Crippen LogP contribution in [-0.2, 0) is 12.8 Å². The molecular formula is C19H18N4OS. The Kier molecular flexibility index (Phi) is 4.28. The van der Waals surface area contributed by atoms with Crippen LogP contribution in [0.15, 0.2) is 35.8 Å². The summed E-state index contributed by atoms with van der Waals surface area (Å²) in [6, 6.07) is 8.17. The molecule has 1 aromatic carbocycles. The van der Waals surface area contributed by atoms with E-state index >= 15 is 0 Å². The van der Waals surface area contributed by atoms with Crippen LogP contribution in [0.25, 0.3) is 11.3 Å². The van der Waals surface area contributed by atoms with Crippen LogP contribution in [0, 0.1) is 6.92 Å². The number of fused-ring (bicyclic) bond motifs is 1. The molecular weight excluding hydrogens is 332 g/mol. The molecule has 4 rings (SSSR count). The van der Waals surface area contributed by atoms with Crippen molar-refractivity contribution in [3.63, 3.8) is 0 Å². The standard InChI is InChI=1S/C19H18N4OS/c1-12-20-9-8-16(21-12)18(24)23-19-22-17(11-25-19)15-7-6-13-4-2-3-5-14(13)10-15/h6-11H,2-5H2,1H3,(H,22,23,24). The van der Waals surface area contributed by atoms with Crippen molar-refractivity contribution in [3.8, 4) is 11.3 Å². The largest absolute Gasteiger partial charge is 0.296 e. The van der Waals surface area contributed by atoms with E-state index < -0.39 is 0 Å². The summed E-state index contributed by atoms with van der Waals surface area (Å²) >= 11 is 1.42. The number of hydrogen-bond donors (Lipinski definition) is 1. The summed E-state index contributed by atoms with van der Waals surface area (Å²) in [7, 11) is 0. The van der Waals surface area contributed by atoms with E-state index in [1.54, 1.807) is 19.2 Å². The zero-order valence-electron chi connectivity index (χ0n) is 14.0. The topological polar surface area (TPSA) is 67.8 Å². The van der Waals surface area contributed by atoms with Crippen molar-refractivity contribution in [2.75, 3.05) is 5.32 Å². The molecule has 1 amide bonds. The molecule has 0 radical (unpaired) electrons. The zero-order valence-corrected chi connectivity index (χ0v) is 14.8. The molecule has 2 aromatic heterocycles. The summed E-state index contributed by atoms with van der Waals surface area (Å²) in [6.45, 7) is 1.76. The summed E-state index contributed by atoms with van der Waals surface area (Å²) in [6.07, 6.45) is 6.43. The first kappa shape index (κ1) is 15.9. The molecule has 0 aliphatic heterocycles. The van der Waals surface area contributed by atoms with Gasteiger partial charge in [-0.25, -0.2) is 15.0 Å². The van der Waals surface area contributed by atoms with E-state index in [4.69, 9.17) is 0 Å². The average Bonchev–Trinajstić information content (AvgIpc) is 3.10. The Morgan fingerprint density at radius 2 is 1.96 bits per heavy atom. The van der Waals surface area contributed by atoms with Gasteiger partial charge in [-0.2, -0.15) is 0 Å². The molecule has 0 bridgehead atoms.